The number of nitrogens with two attached hydrogens (primary N) is 1. The van der Waals surface area contributed by atoms with Crippen LogP contribution in [0.15, 0.2) is 9.59 Å². The van der Waals surface area contributed by atoms with Gasteiger partial charge in [0.25, 0.3) is 5.56 Å². The van der Waals surface area contributed by atoms with Crippen LogP contribution in [0.5, 0.6) is 0 Å². The molecule has 0 amide bonds. The van der Waals surface area contributed by atoms with Gasteiger partial charge in [0.15, 0.2) is 11.2 Å². The molecule has 0 aliphatic carbocycles. The first-order valence-corrected chi connectivity index (χ1v) is 5.61. The summed E-state index contributed by atoms with van der Waals surface area (Å²) in [5.41, 5.74) is 5.23. The first-order valence-electron chi connectivity index (χ1n) is 5.61. The summed E-state index contributed by atoms with van der Waals surface area (Å²) in [5, 5.41) is 0. The highest BCUT2D eigenvalue weighted by Crippen LogP contribution is 2.05. The van der Waals surface area contributed by atoms with Crippen LogP contribution in [0.4, 0.5) is 5.95 Å². The molecule has 0 saturated carbocycles. The van der Waals surface area contributed by atoms with Gasteiger partial charge in [-0.1, -0.05) is 19.8 Å². The van der Waals surface area contributed by atoms with Crippen LogP contribution in [0.2, 0.25) is 0 Å². The fraction of sp³-hybridized carbons (Fsp3) is 0.500. The number of nitrogens with one attached hydrogen (secondary N) is 2. The molecule has 0 aliphatic rings. The molecule has 7 heteroatoms. The molecule has 2 heterocycles. The lowest BCUT2D eigenvalue weighted by Gasteiger charge is -2.01. The fourth-order valence-corrected chi connectivity index (χ4v) is 1.78. The lowest BCUT2D eigenvalue weighted by Crippen LogP contribution is -2.17. The van der Waals surface area contributed by atoms with Crippen molar-refractivity contribution in [1.29, 1.82) is 0 Å². The summed E-state index contributed by atoms with van der Waals surface area (Å²) in [6.45, 7) is 2.63. The predicted octanol–water partition coefficient (Wildman–Crippen LogP) is 0.185. The van der Waals surface area contributed by atoms with E-state index in [0.29, 0.717) is 12.2 Å². The SMILES string of the molecule is CCCCCn1c(=O)[nH]c2c(=O)[nH]c(N)nc21. The van der Waals surface area contributed by atoms with Gasteiger partial charge in [-0.2, -0.15) is 4.98 Å². The van der Waals surface area contributed by atoms with Crippen molar-refractivity contribution in [3.05, 3.63) is 20.8 Å². The zero-order valence-electron chi connectivity index (χ0n) is 9.62. The Morgan fingerprint density at radius 2 is 2.06 bits per heavy atom. The molecule has 0 atom stereocenters. The van der Waals surface area contributed by atoms with Crippen molar-refractivity contribution < 1.29 is 0 Å². The van der Waals surface area contributed by atoms with Gasteiger partial charge in [0.2, 0.25) is 5.95 Å². The van der Waals surface area contributed by atoms with Crippen molar-refractivity contribution >= 4 is 17.1 Å². The number of nitrogen functional groups attached to an aromatic ring is 1. The molecule has 7 nitrogen and oxygen atoms in total. The number of H-pyrrole nitrogens is 2. The highest BCUT2D eigenvalue weighted by atomic mass is 16.2. The Balaban J connectivity index is 2.51. The van der Waals surface area contributed by atoms with Crippen molar-refractivity contribution in [2.45, 2.75) is 32.7 Å². The smallest absolute Gasteiger partial charge is 0.327 e. The molecule has 0 aromatic carbocycles. The van der Waals surface area contributed by atoms with E-state index < -0.39 is 5.56 Å². The lowest BCUT2D eigenvalue weighted by molar-refractivity contribution is 0.598. The normalized spacial score (nSPS) is 11.1. The van der Waals surface area contributed by atoms with Crippen LogP contribution in [-0.4, -0.2) is 19.5 Å². The van der Waals surface area contributed by atoms with Gasteiger partial charge >= 0.3 is 5.69 Å². The summed E-state index contributed by atoms with van der Waals surface area (Å²) < 4.78 is 1.45. The van der Waals surface area contributed by atoms with E-state index in [1.165, 1.54) is 4.57 Å². The monoisotopic (exact) mass is 237 g/mol. The van der Waals surface area contributed by atoms with Crippen LogP contribution in [0.25, 0.3) is 11.2 Å². The summed E-state index contributed by atoms with van der Waals surface area (Å²) in [7, 11) is 0. The van der Waals surface area contributed by atoms with Gasteiger partial charge in [-0.25, -0.2) is 4.79 Å². The second kappa shape index (κ2) is 4.44. The number of aryl methyl sites for hydroxylation is 1. The van der Waals surface area contributed by atoms with Gasteiger partial charge in [0.1, 0.15) is 0 Å². The van der Waals surface area contributed by atoms with Crippen molar-refractivity contribution in [2.75, 3.05) is 5.73 Å². The Kier molecular flexibility index (Phi) is 2.99. The van der Waals surface area contributed by atoms with Gasteiger partial charge in [0.05, 0.1) is 0 Å². The number of fused-ring (bicyclic) bond motifs is 1. The first-order chi connectivity index (χ1) is 8.13. The Hall–Kier alpha value is -2.05. The van der Waals surface area contributed by atoms with E-state index in [-0.39, 0.29) is 17.2 Å². The second-order valence-electron chi connectivity index (χ2n) is 3.94. The van der Waals surface area contributed by atoms with Crippen LogP contribution < -0.4 is 17.0 Å². The van der Waals surface area contributed by atoms with Gasteiger partial charge < -0.3 is 5.73 Å². The standard InChI is InChI=1S/C10H15N5O2/c1-2-3-4-5-15-7-6(12-10(15)17)8(16)14-9(11)13-7/h2-5H2,1H3,(H,12,17)(H3,11,13,14,16). The predicted molar refractivity (Wildman–Crippen MR) is 64.9 cm³/mol. The van der Waals surface area contributed by atoms with Crippen LogP contribution in [0, 0.1) is 0 Å². The number of anilines is 1. The minimum Gasteiger partial charge on any atom is -0.369 e. The Bertz CT molecular complexity index is 636. The topological polar surface area (TPSA) is 110 Å². The summed E-state index contributed by atoms with van der Waals surface area (Å²) in [5.74, 6) is 0.0192. The summed E-state index contributed by atoms with van der Waals surface area (Å²) in [6.07, 6.45) is 2.96. The van der Waals surface area contributed by atoms with E-state index in [9.17, 15) is 9.59 Å². The van der Waals surface area contributed by atoms with E-state index >= 15 is 0 Å². The zero-order valence-corrected chi connectivity index (χ0v) is 9.62. The summed E-state index contributed by atoms with van der Waals surface area (Å²) >= 11 is 0. The van der Waals surface area contributed by atoms with E-state index in [1.807, 2.05) is 0 Å². The molecule has 17 heavy (non-hydrogen) atoms. The highest BCUT2D eigenvalue weighted by molar-refractivity contribution is 5.70. The highest BCUT2D eigenvalue weighted by Gasteiger charge is 2.11. The van der Waals surface area contributed by atoms with Crippen molar-refractivity contribution in [2.24, 2.45) is 0 Å². The quantitative estimate of drug-likeness (QED) is 0.659. The van der Waals surface area contributed by atoms with E-state index in [2.05, 4.69) is 21.9 Å². The molecule has 0 unspecified atom stereocenters. The lowest BCUT2D eigenvalue weighted by atomic mass is 10.2. The van der Waals surface area contributed by atoms with Gasteiger partial charge in [-0.05, 0) is 6.42 Å². The van der Waals surface area contributed by atoms with Crippen LogP contribution >= 0.6 is 0 Å². The molecule has 0 aliphatic heterocycles. The molecule has 0 saturated heterocycles. The largest absolute Gasteiger partial charge is 0.369 e. The molecule has 0 bridgehead atoms. The molecule has 0 fully saturated rings. The molecule has 0 spiro atoms. The zero-order chi connectivity index (χ0) is 12.4. The van der Waals surface area contributed by atoms with Crippen molar-refractivity contribution in [3.8, 4) is 0 Å². The van der Waals surface area contributed by atoms with Gasteiger partial charge in [-0.3, -0.25) is 19.3 Å². The number of unbranched alkanes of at least 4 members (excludes halogenated alkanes) is 2. The number of aromatic nitrogens is 4. The van der Waals surface area contributed by atoms with E-state index in [0.717, 1.165) is 19.3 Å². The number of nitrogens with zero attached hydrogens (tertiary/aromatic N) is 2. The maximum absolute atomic E-state index is 11.7. The van der Waals surface area contributed by atoms with Crippen LogP contribution in [0.1, 0.15) is 26.2 Å². The second-order valence-corrected chi connectivity index (χ2v) is 3.94. The fourth-order valence-electron chi connectivity index (χ4n) is 1.78. The Morgan fingerprint density at radius 3 is 2.76 bits per heavy atom. The van der Waals surface area contributed by atoms with Gasteiger partial charge in [0, 0.05) is 6.54 Å². The third-order valence-electron chi connectivity index (χ3n) is 2.64. The average Bonchev–Trinajstić information content (AvgIpc) is 2.57. The number of aromatic amines is 2. The number of rotatable bonds is 4. The third-order valence-corrected chi connectivity index (χ3v) is 2.64. The maximum atomic E-state index is 11.7. The molecular weight excluding hydrogens is 222 g/mol. The van der Waals surface area contributed by atoms with E-state index in [4.69, 9.17) is 5.73 Å². The first kappa shape index (κ1) is 11.4. The van der Waals surface area contributed by atoms with Crippen LogP contribution in [0.3, 0.4) is 0 Å². The van der Waals surface area contributed by atoms with Crippen molar-refractivity contribution in [1.82, 2.24) is 19.5 Å². The molecular formula is C10H15N5O2. The average molecular weight is 237 g/mol. The Labute approximate surface area is 96.7 Å². The molecule has 0 radical (unpaired) electrons. The number of hydrogen-bond donors (Lipinski definition) is 3. The Morgan fingerprint density at radius 1 is 1.29 bits per heavy atom. The molecule has 92 valence electrons. The molecule has 2 aromatic heterocycles. The van der Waals surface area contributed by atoms with Crippen LogP contribution in [-0.2, 0) is 6.54 Å². The molecule has 4 N–H and O–H groups in total. The third kappa shape index (κ3) is 2.08. The van der Waals surface area contributed by atoms with E-state index in [1.54, 1.807) is 0 Å². The van der Waals surface area contributed by atoms with Crippen molar-refractivity contribution in [3.63, 3.8) is 0 Å². The number of imidazole rings is 1. The summed E-state index contributed by atoms with van der Waals surface area (Å²) in [4.78, 5) is 32.0. The maximum Gasteiger partial charge on any atom is 0.327 e. The molecule has 2 rings (SSSR count). The number of hydrogen-bond acceptors (Lipinski definition) is 4. The molecule has 2 aromatic rings. The minimum atomic E-state index is -0.418. The minimum absolute atomic E-state index is 0.0192. The summed E-state index contributed by atoms with van der Waals surface area (Å²) in [6, 6.07) is 0. The van der Waals surface area contributed by atoms with Gasteiger partial charge in [-0.15, -0.1) is 0 Å².